The molecule has 1 heterocycles. The van der Waals surface area contributed by atoms with Gasteiger partial charge in [0.25, 0.3) is 0 Å². The first kappa shape index (κ1) is 16.3. The molecule has 0 aliphatic carbocycles. The van der Waals surface area contributed by atoms with Gasteiger partial charge in [0.2, 0.25) is 5.91 Å². The first-order valence-electron chi connectivity index (χ1n) is 7.50. The molecule has 120 valence electrons. The van der Waals surface area contributed by atoms with Crippen LogP contribution in [0.4, 0.5) is 4.39 Å². The Morgan fingerprint density at radius 3 is 2.78 bits per heavy atom. The number of hydrogen-bond donors (Lipinski definition) is 0. The van der Waals surface area contributed by atoms with Crippen LogP contribution in [0.2, 0.25) is 5.02 Å². The zero-order valence-electron chi connectivity index (χ0n) is 12.6. The molecule has 3 rings (SSSR count). The van der Waals surface area contributed by atoms with Gasteiger partial charge in [-0.2, -0.15) is 0 Å². The van der Waals surface area contributed by atoms with E-state index in [0.717, 1.165) is 13.0 Å². The van der Waals surface area contributed by atoms with E-state index in [9.17, 15) is 9.18 Å². The molecular formula is C18H17ClFNOS. The molecule has 0 unspecified atom stereocenters. The Kier molecular flexibility index (Phi) is 5.23. The van der Waals surface area contributed by atoms with E-state index < -0.39 is 0 Å². The fourth-order valence-corrected chi connectivity index (χ4v) is 3.76. The van der Waals surface area contributed by atoms with E-state index in [-0.39, 0.29) is 11.7 Å². The zero-order chi connectivity index (χ0) is 16.2. The van der Waals surface area contributed by atoms with E-state index >= 15 is 0 Å². The summed E-state index contributed by atoms with van der Waals surface area (Å²) in [5.74, 6) is 0.631. The second-order valence-electron chi connectivity index (χ2n) is 5.56. The summed E-state index contributed by atoms with van der Waals surface area (Å²) in [6.07, 6.45) is 0.901. The maximum Gasteiger partial charge on any atom is 0.232 e. The third-order valence-electron chi connectivity index (χ3n) is 3.98. The smallest absolute Gasteiger partial charge is 0.232 e. The van der Waals surface area contributed by atoms with Gasteiger partial charge in [-0.3, -0.25) is 4.79 Å². The zero-order valence-corrected chi connectivity index (χ0v) is 14.2. The first-order valence-corrected chi connectivity index (χ1v) is 9.03. The maximum atomic E-state index is 13.7. The Morgan fingerprint density at radius 2 is 2.00 bits per heavy atom. The van der Waals surface area contributed by atoms with Crippen LogP contribution in [0, 0.1) is 5.82 Å². The lowest BCUT2D eigenvalue weighted by atomic mass is 10.00. The predicted molar refractivity (Wildman–Crippen MR) is 93.1 cm³/mol. The van der Waals surface area contributed by atoms with Crippen LogP contribution in [0.25, 0.3) is 0 Å². The summed E-state index contributed by atoms with van der Waals surface area (Å²) in [5, 5.41) is 0.388. The molecule has 0 aromatic heterocycles. The highest BCUT2D eigenvalue weighted by Gasteiger charge is 2.20. The van der Waals surface area contributed by atoms with Gasteiger partial charge in [-0.1, -0.05) is 41.9 Å². The average Bonchev–Trinajstić information content (AvgIpc) is 2.56. The number of carbonyl (C=O) groups excluding carboxylic acids is 1. The number of fused-ring (bicyclic) bond motifs is 1. The monoisotopic (exact) mass is 349 g/mol. The van der Waals surface area contributed by atoms with Gasteiger partial charge in [0.15, 0.2) is 0 Å². The lowest BCUT2D eigenvalue weighted by Gasteiger charge is -2.28. The molecular weight excluding hydrogens is 333 g/mol. The molecule has 1 aliphatic rings. The van der Waals surface area contributed by atoms with E-state index in [2.05, 4.69) is 12.1 Å². The van der Waals surface area contributed by atoms with Crippen LogP contribution in [-0.4, -0.2) is 23.1 Å². The summed E-state index contributed by atoms with van der Waals surface area (Å²) in [6.45, 7) is 1.43. The molecule has 1 aliphatic heterocycles. The number of hydrogen-bond acceptors (Lipinski definition) is 2. The molecule has 2 aromatic rings. The lowest BCUT2D eigenvalue weighted by Crippen LogP contribution is -2.37. The van der Waals surface area contributed by atoms with Crippen molar-refractivity contribution >= 4 is 29.3 Å². The van der Waals surface area contributed by atoms with Gasteiger partial charge >= 0.3 is 0 Å². The molecule has 0 radical (unpaired) electrons. The number of thioether (sulfide) groups is 1. The van der Waals surface area contributed by atoms with Crippen LogP contribution in [-0.2, 0) is 23.5 Å². The van der Waals surface area contributed by atoms with E-state index in [4.69, 9.17) is 11.6 Å². The van der Waals surface area contributed by atoms with Crippen LogP contribution in [0.15, 0.2) is 42.5 Å². The van der Waals surface area contributed by atoms with Crippen LogP contribution in [0.1, 0.15) is 16.7 Å². The van der Waals surface area contributed by atoms with E-state index in [1.165, 1.54) is 29.0 Å². The molecule has 2 nitrogen and oxygen atoms in total. The highest BCUT2D eigenvalue weighted by Crippen LogP contribution is 2.22. The number of carbonyl (C=O) groups is 1. The average molecular weight is 350 g/mol. The summed E-state index contributed by atoms with van der Waals surface area (Å²) in [4.78, 5) is 14.2. The van der Waals surface area contributed by atoms with Gasteiger partial charge in [0.1, 0.15) is 5.82 Å². The van der Waals surface area contributed by atoms with E-state index in [1.54, 1.807) is 12.1 Å². The predicted octanol–water partition coefficient (Wildman–Crippen LogP) is 4.30. The second-order valence-corrected chi connectivity index (χ2v) is 6.98. The normalized spacial score (nSPS) is 13.7. The van der Waals surface area contributed by atoms with Crippen LogP contribution in [0.5, 0.6) is 0 Å². The summed E-state index contributed by atoms with van der Waals surface area (Å²) < 4.78 is 13.7. The third kappa shape index (κ3) is 4.06. The lowest BCUT2D eigenvalue weighted by molar-refractivity contribution is -0.129. The molecule has 0 spiro atoms. The van der Waals surface area contributed by atoms with Gasteiger partial charge in [-0.15, -0.1) is 11.8 Å². The van der Waals surface area contributed by atoms with Crippen molar-refractivity contribution in [3.63, 3.8) is 0 Å². The Hall–Kier alpha value is -1.52. The molecule has 0 fully saturated rings. The van der Waals surface area contributed by atoms with Gasteiger partial charge in [0.05, 0.1) is 5.75 Å². The first-order chi connectivity index (χ1) is 11.1. The number of benzene rings is 2. The molecule has 23 heavy (non-hydrogen) atoms. The van der Waals surface area contributed by atoms with E-state index in [0.29, 0.717) is 28.6 Å². The van der Waals surface area contributed by atoms with Crippen LogP contribution in [0.3, 0.4) is 0 Å². The molecule has 0 saturated heterocycles. The maximum absolute atomic E-state index is 13.7. The van der Waals surface area contributed by atoms with Gasteiger partial charge in [-0.25, -0.2) is 4.39 Å². The summed E-state index contributed by atoms with van der Waals surface area (Å²) in [5.41, 5.74) is 3.13. The molecule has 2 aromatic carbocycles. The van der Waals surface area contributed by atoms with Crippen molar-refractivity contribution in [3.8, 4) is 0 Å². The van der Waals surface area contributed by atoms with Gasteiger partial charge < -0.3 is 4.90 Å². The fourth-order valence-electron chi connectivity index (χ4n) is 2.69. The van der Waals surface area contributed by atoms with Crippen LogP contribution >= 0.6 is 23.4 Å². The number of nitrogens with zero attached hydrogens (tertiary/aromatic N) is 1. The summed E-state index contributed by atoms with van der Waals surface area (Å²) in [6, 6.07) is 12.9. The molecule has 0 N–H and O–H groups in total. The number of halogens is 2. The standard InChI is InChI=1S/C18H17ClFNOS/c19-16-6-5-15(17(20)9-16)11-23-12-18(22)21-8-7-13-3-1-2-4-14(13)10-21/h1-6,9H,7-8,10-12H2. The molecule has 0 bridgehead atoms. The third-order valence-corrected chi connectivity index (χ3v) is 5.18. The second kappa shape index (κ2) is 7.37. The largest absolute Gasteiger partial charge is 0.337 e. The topological polar surface area (TPSA) is 20.3 Å². The van der Waals surface area contributed by atoms with Crippen LogP contribution < -0.4 is 0 Å². The Balaban J connectivity index is 1.52. The number of amides is 1. The van der Waals surface area contributed by atoms with E-state index in [1.807, 2.05) is 17.0 Å². The Labute approximate surface area is 144 Å². The molecule has 1 amide bonds. The minimum atomic E-state index is -0.315. The van der Waals surface area contributed by atoms with Crippen molar-refractivity contribution in [2.45, 2.75) is 18.7 Å². The van der Waals surface area contributed by atoms with Crippen molar-refractivity contribution in [1.82, 2.24) is 4.90 Å². The summed E-state index contributed by atoms with van der Waals surface area (Å²) in [7, 11) is 0. The minimum absolute atomic E-state index is 0.110. The summed E-state index contributed by atoms with van der Waals surface area (Å²) >= 11 is 7.17. The number of rotatable bonds is 4. The Morgan fingerprint density at radius 1 is 1.22 bits per heavy atom. The SMILES string of the molecule is O=C(CSCc1ccc(Cl)cc1F)N1CCc2ccccc2C1. The molecule has 5 heteroatoms. The Bertz CT molecular complexity index is 722. The van der Waals surface area contributed by atoms with Crippen molar-refractivity contribution in [2.24, 2.45) is 0 Å². The highest BCUT2D eigenvalue weighted by atomic mass is 35.5. The van der Waals surface area contributed by atoms with Gasteiger partial charge in [-0.05, 0) is 35.2 Å². The highest BCUT2D eigenvalue weighted by molar-refractivity contribution is 7.99. The van der Waals surface area contributed by atoms with Gasteiger partial charge in [0, 0.05) is 23.9 Å². The fraction of sp³-hybridized carbons (Fsp3) is 0.278. The van der Waals surface area contributed by atoms with Crippen molar-refractivity contribution in [1.29, 1.82) is 0 Å². The van der Waals surface area contributed by atoms with Crippen molar-refractivity contribution in [3.05, 3.63) is 70.0 Å². The molecule has 0 saturated carbocycles. The quantitative estimate of drug-likeness (QED) is 0.820. The van der Waals surface area contributed by atoms with Crippen molar-refractivity contribution in [2.75, 3.05) is 12.3 Å². The minimum Gasteiger partial charge on any atom is -0.337 e. The molecule has 0 atom stereocenters. The van der Waals surface area contributed by atoms with Crippen molar-refractivity contribution < 1.29 is 9.18 Å².